The van der Waals surface area contributed by atoms with Gasteiger partial charge in [0.1, 0.15) is 11.9 Å². The lowest BCUT2D eigenvalue weighted by Gasteiger charge is -2.26. The topological polar surface area (TPSA) is 48.0 Å². The van der Waals surface area contributed by atoms with Crippen LogP contribution < -0.4 is 14.2 Å². The molecule has 1 amide bonds. The van der Waals surface area contributed by atoms with E-state index in [2.05, 4.69) is 13.0 Å². The average molecular weight is 381 g/mol. The average Bonchev–Trinajstić information content (AvgIpc) is 3.33. The molecule has 0 aliphatic carbocycles. The molecule has 2 aromatic carbocycles. The zero-order valence-corrected chi connectivity index (χ0v) is 16.7. The van der Waals surface area contributed by atoms with Crippen LogP contribution in [0.25, 0.3) is 0 Å². The first kappa shape index (κ1) is 18.7. The monoisotopic (exact) mass is 381 g/mol. The summed E-state index contributed by atoms with van der Waals surface area (Å²) in [7, 11) is 3.27. The van der Waals surface area contributed by atoms with Crippen LogP contribution in [0.3, 0.4) is 0 Å². The number of benzene rings is 2. The molecule has 0 aromatic heterocycles. The predicted molar refractivity (Wildman–Crippen MR) is 107 cm³/mol. The van der Waals surface area contributed by atoms with Crippen molar-refractivity contribution in [3.05, 3.63) is 53.1 Å². The second-order valence-electron chi connectivity index (χ2n) is 7.61. The number of hydrogen-bond donors (Lipinski definition) is 0. The molecular formula is C23H27NO4. The number of ether oxygens (including phenoxy) is 3. The van der Waals surface area contributed by atoms with Crippen molar-refractivity contribution >= 4 is 5.91 Å². The molecular weight excluding hydrogens is 354 g/mol. The highest BCUT2D eigenvalue weighted by Crippen LogP contribution is 2.37. The second-order valence-corrected chi connectivity index (χ2v) is 7.61. The molecule has 0 spiro atoms. The fourth-order valence-corrected chi connectivity index (χ4v) is 4.33. The van der Waals surface area contributed by atoms with Crippen LogP contribution in [0.15, 0.2) is 36.4 Å². The first-order valence-electron chi connectivity index (χ1n) is 9.89. The Hall–Kier alpha value is -2.69. The normalized spacial score (nSPS) is 20.6. The van der Waals surface area contributed by atoms with E-state index in [-0.39, 0.29) is 18.1 Å². The van der Waals surface area contributed by atoms with Crippen molar-refractivity contribution in [1.82, 2.24) is 4.90 Å². The molecule has 2 heterocycles. The molecule has 5 nitrogen and oxygen atoms in total. The fraction of sp³-hybridized carbons (Fsp3) is 0.435. The highest BCUT2D eigenvalue weighted by molar-refractivity contribution is 5.79. The third kappa shape index (κ3) is 3.53. The molecule has 0 N–H and O–H groups in total. The van der Waals surface area contributed by atoms with Gasteiger partial charge in [-0.25, -0.2) is 0 Å². The van der Waals surface area contributed by atoms with E-state index in [4.69, 9.17) is 14.2 Å². The molecule has 4 rings (SSSR count). The minimum atomic E-state index is 0.0880. The van der Waals surface area contributed by atoms with E-state index in [0.717, 1.165) is 42.7 Å². The van der Waals surface area contributed by atoms with Crippen molar-refractivity contribution in [2.24, 2.45) is 0 Å². The van der Waals surface area contributed by atoms with Crippen molar-refractivity contribution < 1.29 is 19.0 Å². The van der Waals surface area contributed by atoms with E-state index in [0.29, 0.717) is 17.9 Å². The zero-order valence-electron chi connectivity index (χ0n) is 16.7. The quantitative estimate of drug-likeness (QED) is 0.787. The Morgan fingerprint density at radius 2 is 1.96 bits per heavy atom. The van der Waals surface area contributed by atoms with E-state index < -0.39 is 0 Å². The number of methoxy groups -OCH3 is 2. The maximum atomic E-state index is 13.1. The summed E-state index contributed by atoms with van der Waals surface area (Å²) in [5.74, 6) is 2.53. The first-order chi connectivity index (χ1) is 13.6. The highest BCUT2D eigenvalue weighted by Gasteiger charge is 2.30. The van der Waals surface area contributed by atoms with Crippen LogP contribution in [0.1, 0.15) is 42.5 Å². The summed E-state index contributed by atoms with van der Waals surface area (Å²) < 4.78 is 16.5. The van der Waals surface area contributed by atoms with Gasteiger partial charge >= 0.3 is 0 Å². The number of fused-ring (bicyclic) bond motifs is 1. The molecule has 0 radical (unpaired) electrons. The minimum Gasteiger partial charge on any atom is -0.493 e. The summed E-state index contributed by atoms with van der Waals surface area (Å²) in [5, 5.41) is 0. The van der Waals surface area contributed by atoms with Gasteiger partial charge in [-0.2, -0.15) is 0 Å². The van der Waals surface area contributed by atoms with Crippen LogP contribution >= 0.6 is 0 Å². The molecule has 1 saturated heterocycles. The van der Waals surface area contributed by atoms with E-state index in [9.17, 15) is 4.79 Å². The Morgan fingerprint density at radius 1 is 1.14 bits per heavy atom. The van der Waals surface area contributed by atoms with Crippen LogP contribution in [0.5, 0.6) is 17.2 Å². The zero-order chi connectivity index (χ0) is 19.7. The Labute approximate surface area is 166 Å². The number of rotatable bonds is 5. The van der Waals surface area contributed by atoms with Crippen LogP contribution in [-0.4, -0.2) is 37.7 Å². The molecule has 0 bridgehead atoms. The molecule has 28 heavy (non-hydrogen) atoms. The van der Waals surface area contributed by atoms with Gasteiger partial charge in [-0.15, -0.1) is 0 Å². The lowest BCUT2D eigenvalue weighted by atomic mass is 10.0. The Kier molecular flexibility index (Phi) is 5.16. The number of hydrogen-bond acceptors (Lipinski definition) is 4. The molecule has 2 unspecified atom stereocenters. The molecule has 2 aromatic rings. The molecule has 2 aliphatic rings. The molecule has 1 fully saturated rings. The Bertz CT molecular complexity index is 879. The van der Waals surface area contributed by atoms with Crippen molar-refractivity contribution in [3.8, 4) is 17.2 Å². The van der Waals surface area contributed by atoms with Gasteiger partial charge in [0.05, 0.1) is 26.7 Å². The van der Waals surface area contributed by atoms with E-state index in [1.807, 2.05) is 35.2 Å². The molecule has 2 atom stereocenters. The minimum absolute atomic E-state index is 0.0880. The maximum absolute atomic E-state index is 13.1. The standard InChI is InChI=1S/C23H27NO4/c1-15-11-18-12-16(6-8-20(18)28-15)13-23(25)24-10-4-5-19(24)17-7-9-21(26-2)22(14-17)27-3/h6-9,12,14-15,19H,4-5,10-11,13H2,1-3H3. The van der Waals surface area contributed by atoms with Gasteiger partial charge in [-0.1, -0.05) is 18.2 Å². The number of carbonyl (C=O) groups is 1. The summed E-state index contributed by atoms with van der Waals surface area (Å²) in [4.78, 5) is 15.1. The molecule has 2 aliphatic heterocycles. The maximum Gasteiger partial charge on any atom is 0.227 e. The highest BCUT2D eigenvalue weighted by atomic mass is 16.5. The fourth-order valence-electron chi connectivity index (χ4n) is 4.33. The Morgan fingerprint density at radius 3 is 2.75 bits per heavy atom. The van der Waals surface area contributed by atoms with E-state index in [1.165, 1.54) is 5.56 Å². The van der Waals surface area contributed by atoms with Crippen LogP contribution in [0.2, 0.25) is 0 Å². The SMILES string of the molecule is COc1ccc(C2CCCN2C(=O)Cc2ccc3c(c2)CC(C)O3)cc1OC. The van der Waals surface area contributed by atoms with Crippen LogP contribution in [0.4, 0.5) is 0 Å². The number of amides is 1. The smallest absolute Gasteiger partial charge is 0.227 e. The summed E-state index contributed by atoms with van der Waals surface area (Å²) in [6, 6.07) is 12.2. The van der Waals surface area contributed by atoms with Gasteiger partial charge in [0.2, 0.25) is 5.91 Å². The first-order valence-corrected chi connectivity index (χ1v) is 9.89. The van der Waals surface area contributed by atoms with E-state index in [1.54, 1.807) is 14.2 Å². The van der Waals surface area contributed by atoms with Crippen LogP contribution in [-0.2, 0) is 17.6 Å². The molecule has 5 heteroatoms. The molecule has 148 valence electrons. The predicted octanol–water partition coefficient (Wildman–Crippen LogP) is 3.93. The number of carbonyl (C=O) groups excluding carboxylic acids is 1. The lowest BCUT2D eigenvalue weighted by molar-refractivity contribution is -0.131. The summed E-state index contributed by atoms with van der Waals surface area (Å²) in [6.07, 6.45) is 3.53. The van der Waals surface area contributed by atoms with Gasteiger partial charge in [0, 0.05) is 13.0 Å². The van der Waals surface area contributed by atoms with Gasteiger partial charge in [0.25, 0.3) is 0 Å². The van der Waals surface area contributed by atoms with Gasteiger partial charge < -0.3 is 19.1 Å². The molecule has 0 saturated carbocycles. The van der Waals surface area contributed by atoms with Gasteiger partial charge in [-0.3, -0.25) is 4.79 Å². The van der Waals surface area contributed by atoms with E-state index >= 15 is 0 Å². The van der Waals surface area contributed by atoms with Crippen molar-refractivity contribution in [2.45, 2.75) is 44.8 Å². The third-order valence-corrected chi connectivity index (χ3v) is 5.68. The number of nitrogens with zero attached hydrogens (tertiary/aromatic N) is 1. The van der Waals surface area contributed by atoms with Gasteiger partial charge in [-0.05, 0) is 54.7 Å². The third-order valence-electron chi connectivity index (χ3n) is 5.68. The number of likely N-dealkylation sites (tertiary alicyclic amines) is 1. The summed E-state index contributed by atoms with van der Waals surface area (Å²) in [6.45, 7) is 2.87. The second kappa shape index (κ2) is 7.74. The van der Waals surface area contributed by atoms with Gasteiger partial charge in [0.15, 0.2) is 11.5 Å². The van der Waals surface area contributed by atoms with Crippen LogP contribution in [0, 0.1) is 0 Å². The van der Waals surface area contributed by atoms with Crippen molar-refractivity contribution in [2.75, 3.05) is 20.8 Å². The van der Waals surface area contributed by atoms with Crippen molar-refractivity contribution in [3.63, 3.8) is 0 Å². The van der Waals surface area contributed by atoms with Crippen molar-refractivity contribution in [1.29, 1.82) is 0 Å². The largest absolute Gasteiger partial charge is 0.493 e. The lowest BCUT2D eigenvalue weighted by Crippen LogP contribution is -2.31. The Balaban J connectivity index is 1.51. The summed E-state index contributed by atoms with van der Waals surface area (Å²) in [5.41, 5.74) is 3.36. The summed E-state index contributed by atoms with van der Waals surface area (Å²) >= 11 is 0.